The molecule has 14 heavy (non-hydrogen) atoms. The van der Waals surface area contributed by atoms with Crippen molar-refractivity contribution in [3.8, 4) is 0 Å². The second-order valence-electron chi connectivity index (χ2n) is 2.59. The molecule has 0 fully saturated rings. The predicted octanol–water partition coefficient (Wildman–Crippen LogP) is -1.40. The monoisotopic (exact) mass is 204 g/mol. The van der Waals surface area contributed by atoms with Crippen LogP contribution in [0.2, 0.25) is 0 Å². The quantitative estimate of drug-likeness (QED) is 0.429. The Balaban J connectivity index is 3.76. The lowest BCUT2D eigenvalue weighted by Crippen LogP contribution is -2.33. The Morgan fingerprint density at radius 3 is 2.29 bits per heavy atom. The summed E-state index contributed by atoms with van der Waals surface area (Å²) < 4.78 is 0. The topological polar surface area (TPSA) is 122 Å². The number of amides is 1. The summed E-state index contributed by atoms with van der Waals surface area (Å²) >= 11 is 0. The Labute approximate surface area is 80.2 Å². The van der Waals surface area contributed by atoms with Gasteiger partial charge in [-0.25, -0.2) is 19.4 Å². The van der Waals surface area contributed by atoms with E-state index in [4.69, 9.17) is 11.5 Å². The fraction of sp³-hybridized carbons (Fsp3) is 0.571. The number of nitrogens with two attached hydrogens (primary N) is 2. The highest BCUT2D eigenvalue weighted by Gasteiger charge is 2.17. The summed E-state index contributed by atoms with van der Waals surface area (Å²) in [4.78, 5) is 39.4. The standard InChI is InChI=1S/C7H12N2O5/c1-4(10)13-14-7(12)5(8)2-3-6(9)11/h5H,2-3,8H2,1H3,(H2,9,11). The number of carbonyl (C=O) groups is 3. The Bertz CT molecular complexity index is 240. The molecule has 0 heterocycles. The maximum Gasteiger partial charge on any atom is 0.372 e. The minimum absolute atomic E-state index is 0.0314. The zero-order valence-electron chi connectivity index (χ0n) is 7.69. The van der Waals surface area contributed by atoms with Crippen molar-refractivity contribution in [1.82, 2.24) is 0 Å². The van der Waals surface area contributed by atoms with Gasteiger partial charge < -0.3 is 11.5 Å². The summed E-state index contributed by atoms with van der Waals surface area (Å²) in [5.41, 5.74) is 10.1. The lowest BCUT2D eigenvalue weighted by molar-refractivity contribution is -0.258. The maximum atomic E-state index is 10.9. The summed E-state index contributed by atoms with van der Waals surface area (Å²) in [5.74, 6) is -2.25. The van der Waals surface area contributed by atoms with Crippen molar-refractivity contribution in [2.45, 2.75) is 25.8 Å². The molecule has 1 atom stereocenters. The fourth-order valence-electron chi connectivity index (χ4n) is 0.577. The molecule has 1 amide bonds. The number of hydrogen-bond acceptors (Lipinski definition) is 6. The Hall–Kier alpha value is -1.63. The summed E-state index contributed by atoms with van der Waals surface area (Å²) in [6.45, 7) is 1.07. The third-order valence-corrected chi connectivity index (χ3v) is 1.25. The van der Waals surface area contributed by atoms with Crippen LogP contribution < -0.4 is 11.5 Å². The van der Waals surface area contributed by atoms with Gasteiger partial charge in [-0.15, -0.1) is 0 Å². The number of primary amides is 1. The molecule has 7 heteroatoms. The van der Waals surface area contributed by atoms with E-state index in [-0.39, 0.29) is 12.8 Å². The molecule has 1 unspecified atom stereocenters. The van der Waals surface area contributed by atoms with Gasteiger partial charge >= 0.3 is 11.9 Å². The van der Waals surface area contributed by atoms with E-state index in [2.05, 4.69) is 9.78 Å². The van der Waals surface area contributed by atoms with Gasteiger partial charge in [0, 0.05) is 13.3 Å². The van der Waals surface area contributed by atoms with E-state index < -0.39 is 23.9 Å². The van der Waals surface area contributed by atoms with Gasteiger partial charge in [0.15, 0.2) is 0 Å². The molecule has 80 valence electrons. The smallest absolute Gasteiger partial charge is 0.370 e. The van der Waals surface area contributed by atoms with E-state index in [1.165, 1.54) is 0 Å². The van der Waals surface area contributed by atoms with E-state index >= 15 is 0 Å². The highest BCUT2D eigenvalue weighted by molar-refractivity contribution is 5.78. The van der Waals surface area contributed by atoms with Crippen molar-refractivity contribution in [2.75, 3.05) is 0 Å². The van der Waals surface area contributed by atoms with E-state index in [0.717, 1.165) is 6.92 Å². The average molecular weight is 204 g/mol. The molecule has 0 saturated heterocycles. The molecule has 0 bridgehead atoms. The van der Waals surface area contributed by atoms with Gasteiger partial charge in [0.2, 0.25) is 5.91 Å². The molecule has 0 aromatic rings. The van der Waals surface area contributed by atoms with Crippen LogP contribution in [-0.4, -0.2) is 23.9 Å². The van der Waals surface area contributed by atoms with Gasteiger partial charge in [-0.3, -0.25) is 4.79 Å². The molecule has 0 aliphatic rings. The van der Waals surface area contributed by atoms with Crippen LogP contribution in [0.1, 0.15) is 19.8 Å². The fourth-order valence-corrected chi connectivity index (χ4v) is 0.577. The molecule has 0 aliphatic carbocycles. The average Bonchev–Trinajstić information content (AvgIpc) is 2.09. The molecular formula is C7H12N2O5. The molecule has 7 nitrogen and oxygen atoms in total. The second kappa shape index (κ2) is 5.92. The molecule has 0 aromatic carbocycles. The summed E-state index contributed by atoms with van der Waals surface area (Å²) in [6.07, 6.45) is 0.0196. The molecule has 0 rings (SSSR count). The highest BCUT2D eigenvalue weighted by atomic mass is 17.2. The summed E-state index contributed by atoms with van der Waals surface area (Å²) in [7, 11) is 0. The van der Waals surface area contributed by atoms with Gasteiger partial charge in [0.1, 0.15) is 6.04 Å². The van der Waals surface area contributed by atoms with Crippen LogP contribution in [0.25, 0.3) is 0 Å². The Morgan fingerprint density at radius 2 is 1.86 bits per heavy atom. The van der Waals surface area contributed by atoms with Crippen LogP contribution in [0.4, 0.5) is 0 Å². The normalized spacial score (nSPS) is 11.6. The molecular weight excluding hydrogens is 192 g/mol. The first-order chi connectivity index (χ1) is 6.43. The van der Waals surface area contributed by atoms with E-state index in [9.17, 15) is 14.4 Å². The van der Waals surface area contributed by atoms with Crippen molar-refractivity contribution in [2.24, 2.45) is 11.5 Å². The van der Waals surface area contributed by atoms with Gasteiger partial charge in [0.05, 0.1) is 0 Å². The summed E-state index contributed by atoms with van der Waals surface area (Å²) in [5, 5.41) is 0. The van der Waals surface area contributed by atoms with Gasteiger partial charge in [-0.1, -0.05) is 0 Å². The first-order valence-corrected chi connectivity index (χ1v) is 3.86. The molecule has 0 saturated carbocycles. The van der Waals surface area contributed by atoms with Crippen LogP contribution in [-0.2, 0) is 24.2 Å². The highest BCUT2D eigenvalue weighted by Crippen LogP contribution is 1.97. The van der Waals surface area contributed by atoms with Crippen LogP contribution in [0, 0.1) is 0 Å². The molecule has 0 aliphatic heterocycles. The van der Waals surface area contributed by atoms with Crippen LogP contribution >= 0.6 is 0 Å². The van der Waals surface area contributed by atoms with E-state index in [1.807, 2.05) is 0 Å². The molecule has 4 N–H and O–H groups in total. The van der Waals surface area contributed by atoms with Crippen molar-refractivity contribution < 1.29 is 24.2 Å². The van der Waals surface area contributed by atoms with E-state index in [0.29, 0.717) is 0 Å². The first kappa shape index (κ1) is 12.4. The third kappa shape index (κ3) is 5.95. The largest absolute Gasteiger partial charge is 0.372 e. The van der Waals surface area contributed by atoms with Gasteiger partial charge in [-0.2, -0.15) is 0 Å². The lowest BCUT2D eigenvalue weighted by atomic mass is 10.2. The first-order valence-electron chi connectivity index (χ1n) is 3.86. The zero-order valence-corrected chi connectivity index (χ0v) is 7.69. The number of hydrogen-bond donors (Lipinski definition) is 2. The predicted molar refractivity (Wildman–Crippen MR) is 44.3 cm³/mol. The molecule has 0 radical (unpaired) electrons. The Kier molecular flexibility index (Phi) is 5.23. The van der Waals surface area contributed by atoms with Crippen molar-refractivity contribution in [1.29, 1.82) is 0 Å². The van der Waals surface area contributed by atoms with Crippen LogP contribution in [0.5, 0.6) is 0 Å². The third-order valence-electron chi connectivity index (χ3n) is 1.25. The van der Waals surface area contributed by atoms with Gasteiger partial charge in [-0.05, 0) is 6.42 Å². The number of carbonyl (C=O) groups excluding carboxylic acids is 3. The maximum absolute atomic E-state index is 10.9. The minimum atomic E-state index is -1.03. The van der Waals surface area contributed by atoms with E-state index in [1.54, 1.807) is 0 Å². The van der Waals surface area contributed by atoms with Crippen LogP contribution in [0.15, 0.2) is 0 Å². The molecule has 0 spiro atoms. The van der Waals surface area contributed by atoms with Crippen LogP contribution in [0.3, 0.4) is 0 Å². The minimum Gasteiger partial charge on any atom is -0.370 e. The summed E-state index contributed by atoms with van der Waals surface area (Å²) in [6, 6.07) is -1.03. The van der Waals surface area contributed by atoms with Crippen molar-refractivity contribution in [3.05, 3.63) is 0 Å². The van der Waals surface area contributed by atoms with Crippen molar-refractivity contribution in [3.63, 3.8) is 0 Å². The number of rotatable bonds is 4. The SMILES string of the molecule is CC(=O)OOC(=O)C(N)CCC(N)=O. The lowest BCUT2D eigenvalue weighted by Gasteiger charge is -2.07. The molecule has 0 aromatic heterocycles. The second-order valence-corrected chi connectivity index (χ2v) is 2.59. The Morgan fingerprint density at radius 1 is 1.29 bits per heavy atom. The zero-order chi connectivity index (χ0) is 11.1. The van der Waals surface area contributed by atoms with Crippen molar-refractivity contribution >= 4 is 17.8 Å². The van der Waals surface area contributed by atoms with Gasteiger partial charge in [0.25, 0.3) is 0 Å².